The highest BCUT2D eigenvalue weighted by Gasteiger charge is 2.24. The van der Waals surface area contributed by atoms with E-state index in [1.165, 1.54) is 4.57 Å². The van der Waals surface area contributed by atoms with Gasteiger partial charge in [-0.05, 0) is 39.1 Å². The standard InChI is InChI=1S/C28H26N6O3/c1-2-8-24-25(27(35)36)34(18-19-9-4-3-5-10-19)28(37)33(24)17-20-13-15-21(16-14-20)22-11-6-7-12-23(22)26-29-31-32-30-26/h3-7,9-16H,2,8,17-18H2,1H3,(H,35,36)(H,29,30,31,32). The Morgan fingerprint density at radius 1 is 0.865 bits per heavy atom. The van der Waals surface area contributed by atoms with Gasteiger partial charge in [0, 0.05) is 5.56 Å². The molecular weight excluding hydrogens is 468 g/mol. The highest BCUT2D eigenvalue weighted by atomic mass is 16.4. The topological polar surface area (TPSA) is 119 Å². The second-order valence-electron chi connectivity index (χ2n) is 8.78. The molecule has 0 spiro atoms. The number of aromatic carboxylic acids is 1. The fraction of sp³-hybridized carbons (Fsp3) is 0.179. The maximum Gasteiger partial charge on any atom is 0.354 e. The SMILES string of the molecule is CCCc1c(C(=O)O)n(Cc2ccccc2)c(=O)n1Cc1ccc(-c2ccccc2-c2nnn[nH]2)cc1. The van der Waals surface area contributed by atoms with Crippen molar-refractivity contribution >= 4 is 5.97 Å². The number of aromatic amines is 1. The lowest BCUT2D eigenvalue weighted by Crippen LogP contribution is -2.27. The van der Waals surface area contributed by atoms with Crippen molar-refractivity contribution in [3.05, 3.63) is 112 Å². The lowest BCUT2D eigenvalue weighted by Gasteiger charge is -2.10. The summed E-state index contributed by atoms with van der Waals surface area (Å²) >= 11 is 0. The first-order valence-electron chi connectivity index (χ1n) is 12.1. The fourth-order valence-corrected chi connectivity index (χ4v) is 4.63. The average Bonchev–Trinajstić information content (AvgIpc) is 3.54. The van der Waals surface area contributed by atoms with E-state index in [1.807, 2.05) is 85.8 Å². The number of carbonyl (C=O) groups is 1. The van der Waals surface area contributed by atoms with Gasteiger partial charge in [-0.1, -0.05) is 92.2 Å². The quantitative estimate of drug-likeness (QED) is 0.316. The molecule has 0 atom stereocenters. The van der Waals surface area contributed by atoms with Crippen LogP contribution >= 0.6 is 0 Å². The minimum Gasteiger partial charge on any atom is -0.477 e. The minimum absolute atomic E-state index is 0.0573. The van der Waals surface area contributed by atoms with E-state index >= 15 is 0 Å². The molecule has 0 radical (unpaired) electrons. The number of carboxylic acids is 1. The molecule has 2 N–H and O–H groups in total. The third-order valence-corrected chi connectivity index (χ3v) is 6.34. The van der Waals surface area contributed by atoms with E-state index in [0.29, 0.717) is 17.9 Å². The number of hydrogen-bond acceptors (Lipinski definition) is 5. The van der Waals surface area contributed by atoms with Gasteiger partial charge >= 0.3 is 11.7 Å². The summed E-state index contributed by atoms with van der Waals surface area (Å²) in [7, 11) is 0. The van der Waals surface area contributed by atoms with Gasteiger partial charge < -0.3 is 5.11 Å². The Kier molecular flexibility index (Phi) is 6.76. The third kappa shape index (κ3) is 4.84. The summed E-state index contributed by atoms with van der Waals surface area (Å²) < 4.78 is 2.97. The average molecular weight is 495 g/mol. The Labute approximate surface area is 213 Å². The highest BCUT2D eigenvalue weighted by Crippen LogP contribution is 2.30. The molecule has 5 aromatic rings. The highest BCUT2D eigenvalue weighted by molar-refractivity contribution is 5.87. The van der Waals surface area contributed by atoms with Crippen LogP contribution in [0.1, 0.15) is 40.7 Å². The monoisotopic (exact) mass is 494 g/mol. The van der Waals surface area contributed by atoms with E-state index in [0.717, 1.165) is 34.2 Å². The number of H-pyrrole nitrogens is 1. The number of nitrogens with one attached hydrogen (secondary N) is 1. The number of tetrazole rings is 1. The van der Waals surface area contributed by atoms with Gasteiger partial charge in [0.15, 0.2) is 11.5 Å². The van der Waals surface area contributed by atoms with Gasteiger partial charge in [0.25, 0.3) is 0 Å². The molecular formula is C28H26N6O3. The van der Waals surface area contributed by atoms with E-state index in [4.69, 9.17) is 0 Å². The van der Waals surface area contributed by atoms with Crippen molar-refractivity contribution in [3.63, 3.8) is 0 Å². The number of hydrogen-bond donors (Lipinski definition) is 2. The third-order valence-electron chi connectivity index (χ3n) is 6.34. The van der Waals surface area contributed by atoms with Crippen LogP contribution < -0.4 is 5.69 Å². The van der Waals surface area contributed by atoms with Crippen LogP contribution in [0.4, 0.5) is 0 Å². The first-order chi connectivity index (χ1) is 18.1. The summed E-state index contributed by atoms with van der Waals surface area (Å²) in [5, 5.41) is 24.2. The van der Waals surface area contributed by atoms with Gasteiger partial charge in [0.1, 0.15) is 0 Å². The normalized spacial score (nSPS) is 11.1. The zero-order valence-electron chi connectivity index (χ0n) is 20.3. The summed E-state index contributed by atoms with van der Waals surface area (Å²) in [5.74, 6) is -0.513. The molecule has 0 aliphatic carbocycles. The van der Waals surface area contributed by atoms with Gasteiger partial charge in [-0.3, -0.25) is 9.13 Å². The predicted molar refractivity (Wildman–Crippen MR) is 139 cm³/mol. The summed E-state index contributed by atoms with van der Waals surface area (Å²) in [6.07, 6.45) is 1.22. The minimum atomic E-state index is -1.09. The van der Waals surface area contributed by atoms with E-state index in [9.17, 15) is 14.7 Å². The molecule has 0 aliphatic rings. The molecule has 0 aliphatic heterocycles. The second kappa shape index (κ2) is 10.4. The van der Waals surface area contributed by atoms with Crippen LogP contribution in [-0.4, -0.2) is 40.8 Å². The molecule has 0 saturated heterocycles. The van der Waals surface area contributed by atoms with E-state index in [-0.39, 0.29) is 24.5 Å². The fourth-order valence-electron chi connectivity index (χ4n) is 4.63. The van der Waals surface area contributed by atoms with Crippen LogP contribution in [-0.2, 0) is 19.5 Å². The Bertz CT molecular complexity index is 1570. The van der Waals surface area contributed by atoms with E-state index in [2.05, 4.69) is 20.6 Å². The van der Waals surface area contributed by atoms with Crippen molar-refractivity contribution in [1.29, 1.82) is 0 Å². The Balaban J connectivity index is 1.50. The number of carboxylic acid groups (broad SMARTS) is 1. The van der Waals surface area contributed by atoms with Gasteiger partial charge in [0.05, 0.1) is 18.8 Å². The molecule has 0 amide bonds. The van der Waals surface area contributed by atoms with Crippen molar-refractivity contribution in [2.75, 3.05) is 0 Å². The zero-order chi connectivity index (χ0) is 25.8. The molecule has 9 nitrogen and oxygen atoms in total. The molecule has 5 rings (SSSR count). The van der Waals surface area contributed by atoms with Crippen molar-refractivity contribution in [2.24, 2.45) is 0 Å². The predicted octanol–water partition coefficient (Wildman–Crippen LogP) is 4.24. The van der Waals surface area contributed by atoms with Crippen molar-refractivity contribution < 1.29 is 9.90 Å². The van der Waals surface area contributed by atoms with E-state index < -0.39 is 5.97 Å². The van der Waals surface area contributed by atoms with Crippen molar-refractivity contribution in [3.8, 4) is 22.5 Å². The Morgan fingerprint density at radius 2 is 1.51 bits per heavy atom. The number of imidazole rings is 1. The molecule has 2 aromatic heterocycles. The molecule has 0 unspecified atom stereocenters. The van der Waals surface area contributed by atoms with Crippen molar-refractivity contribution in [1.82, 2.24) is 29.8 Å². The van der Waals surface area contributed by atoms with Crippen LogP contribution in [0, 0.1) is 0 Å². The van der Waals surface area contributed by atoms with Crippen LogP contribution in [0.5, 0.6) is 0 Å². The van der Waals surface area contributed by atoms with Gasteiger partial charge in [-0.2, -0.15) is 0 Å². The maximum absolute atomic E-state index is 13.5. The van der Waals surface area contributed by atoms with Crippen LogP contribution in [0.25, 0.3) is 22.5 Å². The molecule has 3 aromatic carbocycles. The molecule has 0 saturated carbocycles. The summed E-state index contributed by atoms with van der Waals surface area (Å²) in [5.41, 5.74) is 4.88. The first-order valence-corrected chi connectivity index (χ1v) is 12.1. The van der Waals surface area contributed by atoms with Gasteiger partial charge in [-0.25, -0.2) is 14.7 Å². The molecule has 9 heteroatoms. The summed E-state index contributed by atoms with van der Waals surface area (Å²) in [6.45, 7) is 2.46. The number of nitrogens with zero attached hydrogens (tertiary/aromatic N) is 5. The van der Waals surface area contributed by atoms with Gasteiger partial charge in [-0.15, -0.1) is 5.10 Å². The summed E-state index contributed by atoms with van der Waals surface area (Å²) in [6, 6.07) is 25.2. The Morgan fingerprint density at radius 3 is 2.16 bits per heavy atom. The van der Waals surface area contributed by atoms with Crippen LogP contribution in [0.15, 0.2) is 83.7 Å². The number of aromatic nitrogens is 6. The van der Waals surface area contributed by atoms with Crippen LogP contribution in [0.3, 0.4) is 0 Å². The zero-order valence-corrected chi connectivity index (χ0v) is 20.3. The maximum atomic E-state index is 13.5. The summed E-state index contributed by atoms with van der Waals surface area (Å²) in [4.78, 5) is 25.8. The largest absolute Gasteiger partial charge is 0.477 e. The molecule has 0 fully saturated rings. The van der Waals surface area contributed by atoms with Crippen molar-refractivity contribution in [2.45, 2.75) is 32.9 Å². The molecule has 37 heavy (non-hydrogen) atoms. The second-order valence-corrected chi connectivity index (χ2v) is 8.78. The molecule has 186 valence electrons. The molecule has 2 heterocycles. The number of rotatable bonds is 9. The molecule has 0 bridgehead atoms. The van der Waals surface area contributed by atoms with Gasteiger partial charge in [0.2, 0.25) is 0 Å². The smallest absolute Gasteiger partial charge is 0.354 e. The van der Waals surface area contributed by atoms with E-state index in [1.54, 1.807) is 4.57 Å². The number of benzene rings is 3. The lowest BCUT2D eigenvalue weighted by molar-refractivity contribution is 0.0683. The lowest BCUT2D eigenvalue weighted by atomic mass is 9.98. The first kappa shape index (κ1) is 23.9. The Hall–Kier alpha value is -4.79. The van der Waals surface area contributed by atoms with Crippen LogP contribution in [0.2, 0.25) is 0 Å².